The molecule has 0 bridgehead atoms. The van der Waals surface area contributed by atoms with Crippen molar-refractivity contribution in [2.75, 3.05) is 6.61 Å². The normalized spacial score (nSPS) is 15.4. The number of H-pyrrole nitrogens is 1. The lowest BCUT2D eigenvalue weighted by Crippen LogP contribution is -2.60. The first kappa shape index (κ1) is 27.5. The minimum absolute atomic E-state index is 0.0667. The van der Waals surface area contributed by atoms with Gasteiger partial charge in [-0.05, 0) is 13.3 Å². The first-order valence-corrected chi connectivity index (χ1v) is 9.83. The number of hydrogen-bond acceptors (Lipinski definition) is 9. The molecule has 15 nitrogen and oxygen atoms in total. The Morgan fingerprint density at radius 3 is 2.18 bits per heavy atom. The third-order valence-corrected chi connectivity index (χ3v) is 4.47. The Kier molecular flexibility index (Phi) is 10.9. The highest BCUT2D eigenvalue weighted by molar-refractivity contribution is 5.94. The summed E-state index contributed by atoms with van der Waals surface area (Å²) in [6, 6.07) is -5.86. The van der Waals surface area contributed by atoms with Gasteiger partial charge in [-0.2, -0.15) is 0 Å². The fourth-order valence-electron chi connectivity index (χ4n) is 2.64. The molecule has 0 spiro atoms. The predicted octanol–water partition coefficient (Wildman–Crippen LogP) is -3.94. The molecule has 1 heterocycles. The van der Waals surface area contributed by atoms with Gasteiger partial charge in [-0.15, -0.1) is 0 Å². The number of nitrogens with two attached hydrogens (primary N) is 1. The van der Waals surface area contributed by atoms with Gasteiger partial charge in [0.2, 0.25) is 17.7 Å². The zero-order valence-electron chi connectivity index (χ0n) is 17.7. The van der Waals surface area contributed by atoms with E-state index in [0.29, 0.717) is 5.69 Å². The van der Waals surface area contributed by atoms with Crippen molar-refractivity contribution in [1.29, 1.82) is 0 Å². The molecule has 15 heteroatoms. The Hall–Kier alpha value is -3.56. The molecule has 0 aliphatic carbocycles. The molecule has 1 rings (SSSR count). The molecule has 184 valence electrons. The molecular formula is C18H28N6O9. The maximum Gasteiger partial charge on any atom is 0.326 e. The van der Waals surface area contributed by atoms with Crippen LogP contribution in [-0.4, -0.2) is 96.9 Å². The molecule has 1 aromatic heterocycles. The maximum atomic E-state index is 12.5. The van der Waals surface area contributed by atoms with Gasteiger partial charge >= 0.3 is 11.9 Å². The SMILES string of the molecule is CC(O)C(NC(=O)C(CO)NC(=O)C(N)Cc1cnc[nH]1)C(=O)NC(CCC(=O)O)C(=O)O. The Balaban J connectivity index is 2.77. The zero-order valence-corrected chi connectivity index (χ0v) is 17.7. The van der Waals surface area contributed by atoms with Gasteiger partial charge < -0.3 is 47.1 Å². The fourth-order valence-corrected chi connectivity index (χ4v) is 2.64. The lowest BCUT2D eigenvalue weighted by molar-refractivity contribution is -0.144. The van der Waals surface area contributed by atoms with Crippen LogP contribution in [0.3, 0.4) is 0 Å². The summed E-state index contributed by atoms with van der Waals surface area (Å²) in [5.41, 5.74) is 6.33. The third-order valence-electron chi connectivity index (χ3n) is 4.47. The first-order chi connectivity index (χ1) is 15.5. The van der Waals surface area contributed by atoms with Gasteiger partial charge in [-0.1, -0.05) is 0 Å². The van der Waals surface area contributed by atoms with Crippen molar-refractivity contribution in [2.45, 2.75) is 56.5 Å². The summed E-state index contributed by atoms with van der Waals surface area (Å²) in [5.74, 6) is -5.71. The molecule has 0 aliphatic heterocycles. The number of aliphatic hydroxyl groups is 2. The van der Waals surface area contributed by atoms with E-state index in [9.17, 15) is 34.2 Å². The van der Waals surface area contributed by atoms with Crippen molar-refractivity contribution >= 4 is 29.7 Å². The molecule has 33 heavy (non-hydrogen) atoms. The van der Waals surface area contributed by atoms with Crippen LogP contribution in [0, 0.1) is 0 Å². The largest absolute Gasteiger partial charge is 0.481 e. The molecule has 5 atom stereocenters. The molecule has 1 aromatic rings. The highest BCUT2D eigenvalue weighted by Gasteiger charge is 2.32. The van der Waals surface area contributed by atoms with E-state index in [4.69, 9.17) is 15.9 Å². The number of aromatic nitrogens is 2. The topological polar surface area (TPSA) is 257 Å². The molecule has 0 saturated heterocycles. The monoisotopic (exact) mass is 472 g/mol. The second-order valence-electron chi connectivity index (χ2n) is 7.19. The van der Waals surface area contributed by atoms with Gasteiger partial charge in [0.1, 0.15) is 18.1 Å². The Morgan fingerprint density at radius 2 is 1.70 bits per heavy atom. The van der Waals surface area contributed by atoms with E-state index in [1.165, 1.54) is 12.5 Å². The molecule has 0 aromatic carbocycles. The number of nitrogens with zero attached hydrogens (tertiary/aromatic N) is 1. The summed E-state index contributed by atoms with van der Waals surface area (Å²) in [5, 5.41) is 43.6. The van der Waals surface area contributed by atoms with Crippen LogP contribution in [0.25, 0.3) is 0 Å². The number of aromatic amines is 1. The van der Waals surface area contributed by atoms with Gasteiger partial charge in [0.25, 0.3) is 0 Å². The Bertz CT molecular complexity index is 829. The van der Waals surface area contributed by atoms with Crippen molar-refractivity contribution in [2.24, 2.45) is 5.73 Å². The standard InChI is InChI=1S/C18H28N6O9/c1-8(26)14(17(31)22-11(18(32)33)2-3-13(27)28)24-16(30)12(6-25)23-15(29)10(19)4-9-5-20-7-21-9/h5,7-8,10-12,14,25-26H,2-4,6,19H2,1H3,(H,20,21)(H,22,31)(H,23,29)(H,24,30)(H,27,28)(H,32,33). The summed E-state index contributed by atoms with van der Waals surface area (Å²) in [7, 11) is 0. The van der Waals surface area contributed by atoms with Gasteiger partial charge in [0.05, 0.1) is 25.1 Å². The zero-order chi connectivity index (χ0) is 25.1. The van der Waals surface area contributed by atoms with E-state index < -0.39 is 79.4 Å². The smallest absolute Gasteiger partial charge is 0.326 e. The van der Waals surface area contributed by atoms with E-state index in [1.54, 1.807) is 0 Å². The van der Waals surface area contributed by atoms with Crippen LogP contribution in [-0.2, 0) is 30.4 Å². The molecular weight excluding hydrogens is 444 g/mol. The first-order valence-electron chi connectivity index (χ1n) is 9.83. The highest BCUT2D eigenvalue weighted by Crippen LogP contribution is 2.02. The number of hydrogen-bond donors (Lipinski definition) is 9. The average Bonchev–Trinajstić information content (AvgIpc) is 3.24. The maximum absolute atomic E-state index is 12.5. The molecule has 5 unspecified atom stereocenters. The molecule has 0 radical (unpaired) electrons. The van der Waals surface area contributed by atoms with Crippen LogP contribution in [0.5, 0.6) is 0 Å². The number of amides is 3. The molecule has 0 aliphatic rings. The van der Waals surface area contributed by atoms with Gasteiger partial charge in [-0.25, -0.2) is 9.78 Å². The highest BCUT2D eigenvalue weighted by atomic mass is 16.4. The van der Waals surface area contributed by atoms with Gasteiger partial charge in [0.15, 0.2) is 0 Å². The van der Waals surface area contributed by atoms with Crippen molar-refractivity contribution in [3.8, 4) is 0 Å². The number of imidazole rings is 1. The van der Waals surface area contributed by atoms with Gasteiger partial charge in [0, 0.05) is 24.7 Å². The third kappa shape index (κ3) is 9.22. The number of carboxylic acids is 2. The Morgan fingerprint density at radius 1 is 1.06 bits per heavy atom. The van der Waals surface area contributed by atoms with E-state index in [1.807, 2.05) is 5.32 Å². The van der Waals surface area contributed by atoms with E-state index in [2.05, 4.69) is 20.6 Å². The van der Waals surface area contributed by atoms with Crippen LogP contribution in [0.4, 0.5) is 0 Å². The van der Waals surface area contributed by atoms with Crippen molar-refractivity contribution in [3.05, 3.63) is 18.2 Å². The number of aliphatic carboxylic acids is 2. The summed E-state index contributed by atoms with van der Waals surface area (Å²) in [6.07, 6.45) is 0.441. The lowest BCUT2D eigenvalue weighted by Gasteiger charge is -2.25. The number of carboxylic acid groups (broad SMARTS) is 2. The average molecular weight is 472 g/mol. The van der Waals surface area contributed by atoms with Crippen LogP contribution in [0.2, 0.25) is 0 Å². The predicted molar refractivity (Wildman–Crippen MR) is 109 cm³/mol. The fraction of sp³-hybridized carbons (Fsp3) is 0.556. The molecule has 10 N–H and O–H groups in total. The second-order valence-corrected chi connectivity index (χ2v) is 7.19. The van der Waals surface area contributed by atoms with Crippen LogP contribution in [0.1, 0.15) is 25.5 Å². The molecule has 3 amide bonds. The quantitative estimate of drug-likeness (QED) is 0.126. The van der Waals surface area contributed by atoms with E-state index >= 15 is 0 Å². The number of nitrogens with one attached hydrogen (secondary N) is 4. The number of carbonyl (C=O) groups excluding carboxylic acids is 3. The number of rotatable bonds is 14. The van der Waals surface area contributed by atoms with E-state index in [-0.39, 0.29) is 6.42 Å². The van der Waals surface area contributed by atoms with Crippen LogP contribution in [0.15, 0.2) is 12.5 Å². The Labute approximate surface area is 187 Å². The molecule has 0 saturated carbocycles. The minimum atomic E-state index is -1.66. The van der Waals surface area contributed by atoms with Crippen molar-refractivity contribution in [1.82, 2.24) is 25.9 Å². The van der Waals surface area contributed by atoms with Crippen molar-refractivity contribution < 1.29 is 44.4 Å². The summed E-state index contributed by atoms with van der Waals surface area (Å²) in [4.78, 5) is 65.6. The van der Waals surface area contributed by atoms with Crippen LogP contribution >= 0.6 is 0 Å². The molecule has 0 fully saturated rings. The number of carbonyl (C=O) groups is 5. The lowest BCUT2D eigenvalue weighted by atomic mass is 10.1. The van der Waals surface area contributed by atoms with Crippen LogP contribution < -0.4 is 21.7 Å². The van der Waals surface area contributed by atoms with Gasteiger partial charge in [-0.3, -0.25) is 19.2 Å². The summed E-state index contributed by atoms with van der Waals surface area (Å²) in [6.45, 7) is 0.281. The summed E-state index contributed by atoms with van der Waals surface area (Å²) >= 11 is 0. The van der Waals surface area contributed by atoms with Crippen molar-refractivity contribution in [3.63, 3.8) is 0 Å². The number of aliphatic hydroxyl groups excluding tert-OH is 2. The minimum Gasteiger partial charge on any atom is -0.481 e. The van der Waals surface area contributed by atoms with E-state index in [0.717, 1.165) is 6.92 Å². The summed E-state index contributed by atoms with van der Waals surface area (Å²) < 4.78 is 0. The second kappa shape index (κ2) is 13.1.